The van der Waals surface area contributed by atoms with E-state index in [1.807, 2.05) is 5.32 Å². The van der Waals surface area contributed by atoms with Gasteiger partial charge in [0.25, 0.3) is 0 Å². The molecule has 15 nitrogen and oxygen atoms in total. The van der Waals surface area contributed by atoms with Gasteiger partial charge in [-0.1, -0.05) is 6.08 Å². The number of aliphatic hydroxyl groups is 2. The largest absolute Gasteiger partial charge is 0.488 e. The van der Waals surface area contributed by atoms with Crippen molar-refractivity contribution in [2.45, 2.75) is 24.4 Å². The van der Waals surface area contributed by atoms with Crippen molar-refractivity contribution in [2.75, 3.05) is 6.61 Å². The molecule has 2 rings (SSSR count). The quantitative estimate of drug-likeness (QED) is 0.138. The lowest BCUT2D eigenvalue weighted by Gasteiger charge is -2.24. The van der Waals surface area contributed by atoms with Crippen molar-refractivity contribution in [1.82, 2.24) is 5.32 Å². The molecule has 0 spiro atoms. The highest BCUT2D eigenvalue weighted by atomic mass is 32.5. The van der Waals surface area contributed by atoms with Crippen molar-refractivity contribution in [3.63, 3.8) is 0 Å². The number of nitrogens with one attached hydrogen (secondary N) is 1. The molecule has 0 radical (unpaired) electrons. The molecule has 2 aliphatic heterocycles. The number of aliphatic hydroxyl groups excluding tert-OH is 2. The number of carbonyl (C=O) groups excluding carboxylic acids is 2. The van der Waals surface area contributed by atoms with E-state index >= 15 is 0 Å². The zero-order valence-corrected chi connectivity index (χ0v) is 17.4. The van der Waals surface area contributed by atoms with Crippen LogP contribution in [0.1, 0.15) is 0 Å². The molecule has 2 heterocycles. The van der Waals surface area contributed by atoms with Gasteiger partial charge in [0.05, 0.1) is 12.5 Å². The maximum absolute atomic E-state index is 11.8. The van der Waals surface area contributed by atoms with Crippen LogP contribution in [0.25, 0.3) is 0 Å². The molecule has 7 N–H and O–H groups in total. The van der Waals surface area contributed by atoms with E-state index in [0.717, 1.165) is 12.2 Å². The Kier molecular flexibility index (Phi) is 7.70. The van der Waals surface area contributed by atoms with E-state index in [9.17, 15) is 38.7 Å². The number of hydrogen-bond donors (Lipinski definition) is 7. The molecular weight excluding hydrogens is 483 g/mol. The van der Waals surface area contributed by atoms with E-state index in [0.29, 0.717) is 0 Å². The second kappa shape index (κ2) is 8.99. The van der Waals surface area contributed by atoms with Gasteiger partial charge in [-0.25, -0.2) is 13.4 Å². The summed E-state index contributed by atoms with van der Waals surface area (Å²) in [5.74, 6) is -2.60. The van der Waals surface area contributed by atoms with E-state index < -0.39 is 71.1 Å². The van der Waals surface area contributed by atoms with Crippen LogP contribution in [0.15, 0.2) is 12.2 Å². The highest BCUT2D eigenvalue weighted by Gasteiger charge is 2.49. The van der Waals surface area contributed by atoms with Crippen molar-refractivity contribution in [3.05, 3.63) is 12.2 Å². The average Bonchev–Trinajstić information content (AvgIpc) is 2.78. The number of phosphoric acid groups is 2. The first-order valence-corrected chi connectivity index (χ1v) is 13.0. The Bertz CT molecular complexity index is 841. The Morgan fingerprint density at radius 2 is 1.72 bits per heavy atom. The molecule has 0 bridgehead atoms. The number of hydrogen-bond acceptors (Lipinski definition) is 11. The summed E-state index contributed by atoms with van der Waals surface area (Å²) in [6.07, 6.45) is -3.78. The molecule has 1 fully saturated rings. The second-order valence-electron chi connectivity index (χ2n) is 5.75. The minimum atomic E-state index is -5.51. The Morgan fingerprint density at radius 1 is 1.10 bits per heavy atom. The van der Waals surface area contributed by atoms with Gasteiger partial charge in [-0.05, 0) is 11.8 Å². The molecule has 166 valence electrons. The number of carbonyl (C=O) groups is 2. The van der Waals surface area contributed by atoms with E-state index in [4.69, 9.17) is 14.5 Å². The van der Waals surface area contributed by atoms with E-state index in [1.54, 1.807) is 0 Å². The lowest BCUT2D eigenvalue weighted by atomic mass is 9.93. The Labute approximate surface area is 167 Å². The monoisotopic (exact) mass is 499 g/mol. The van der Waals surface area contributed by atoms with Crippen LogP contribution in [0.5, 0.6) is 0 Å². The molecular formula is C10H16NO14P3S. The molecule has 0 aromatic heterocycles. The molecule has 19 heteroatoms. The standard InChI is InChI=1S/C10H16NO14P3S/c12-6-2-1-4(10(15)11-6)9-8(14)7(13)5(23-9)3-22-28(21,29)25-27(19,20)24-26(16,17)18/h1-2,4-5,7-9,13-14H,3H2,(H,19,20)(H,21,29)(H,11,12,15)(H2,16,17,18). The molecule has 0 aromatic rings. The predicted molar refractivity (Wildman–Crippen MR) is 92.9 cm³/mol. The van der Waals surface area contributed by atoms with Crippen LogP contribution in [0, 0.1) is 5.92 Å². The maximum Gasteiger partial charge on any atom is 0.488 e. The lowest BCUT2D eigenvalue weighted by molar-refractivity contribution is -0.135. The predicted octanol–water partition coefficient (Wildman–Crippen LogP) is -2.24. The summed E-state index contributed by atoms with van der Waals surface area (Å²) < 4.78 is 39.5. The summed E-state index contributed by atoms with van der Waals surface area (Å²) in [6, 6.07) is 0. The zero-order valence-electron chi connectivity index (χ0n) is 13.9. The summed E-state index contributed by atoms with van der Waals surface area (Å²) in [5.41, 5.74) is 0. The normalized spacial score (nSPS) is 34.5. The van der Waals surface area contributed by atoms with Crippen LogP contribution in [-0.4, -0.2) is 72.6 Å². The first kappa shape index (κ1) is 24.9. The minimum Gasteiger partial charge on any atom is -0.388 e. The highest BCUT2D eigenvalue weighted by Crippen LogP contribution is 2.66. The third-order valence-electron chi connectivity index (χ3n) is 3.58. The smallest absolute Gasteiger partial charge is 0.388 e. The van der Waals surface area contributed by atoms with Gasteiger partial charge in [-0.3, -0.25) is 14.9 Å². The first-order valence-electron chi connectivity index (χ1n) is 7.43. The molecule has 0 aliphatic carbocycles. The van der Waals surface area contributed by atoms with Gasteiger partial charge >= 0.3 is 22.4 Å². The Morgan fingerprint density at radius 3 is 2.28 bits per heavy atom. The zero-order chi connectivity index (χ0) is 22.2. The van der Waals surface area contributed by atoms with E-state index in [1.165, 1.54) is 0 Å². The number of imide groups is 1. The number of amides is 2. The van der Waals surface area contributed by atoms with Crippen LogP contribution in [-0.2, 0) is 48.4 Å². The van der Waals surface area contributed by atoms with Crippen LogP contribution in [0.3, 0.4) is 0 Å². The fraction of sp³-hybridized carbons (Fsp3) is 0.600. The molecule has 0 aromatic carbocycles. The van der Waals surface area contributed by atoms with Gasteiger partial charge in [0.1, 0.15) is 24.4 Å². The summed E-state index contributed by atoms with van der Waals surface area (Å²) in [5, 5.41) is 22.1. The first-order chi connectivity index (χ1) is 13.1. The van der Waals surface area contributed by atoms with Crippen molar-refractivity contribution in [2.24, 2.45) is 5.92 Å². The fourth-order valence-electron chi connectivity index (χ4n) is 2.47. The van der Waals surface area contributed by atoms with E-state index in [-0.39, 0.29) is 0 Å². The molecule has 0 saturated carbocycles. The minimum absolute atomic E-state index is 0.678. The van der Waals surface area contributed by atoms with E-state index in [2.05, 4.69) is 25.0 Å². The molecule has 1 saturated heterocycles. The van der Waals surface area contributed by atoms with Crippen molar-refractivity contribution < 1.29 is 66.4 Å². The SMILES string of the molecule is O=C1C=CC(C2OC(COP(O)(=S)OP(=O)(O)OP(=O)(O)O)C(O)C2O)C(=O)N1. The third-order valence-corrected chi connectivity index (χ3v) is 8.29. The molecule has 2 aliphatic rings. The molecule has 7 atom stereocenters. The Hall–Kier alpha value is -0.410. The topological polar surface area (TPSA) is 239 Å². The van der Waals surface area contributed by atoms with Gasteiger partial charge in [-0.2, -0.15) is 4.31 Å². The summed E-state index contributed by atoms with van der Waals surface area (Å²) >= 11 is 4.41. The molecule has 2 amide bonds. The van der Waals surface area contributed by atoms with Gasteiger partial charge < -0.3 is 39.0 Å². The van der Waals surface area contributed by atoms with Gasteiger partial charge in [-0.15, -0.1) is 0 Å². The van der Waals surface area contributed by atoms with Gasteiger partial charge in [0.2, 0.25) is 11.8 Å². The summed E-state index contributed by atoms with van der Waals surface area (Å²) in [4.78, 5) is 58.9. The fourth-order valence-corrected chi connectivity index (χ4v) is 6.44. The van der Waals surface area contributed by atoms with Crippen LogP contribution in [0.2, 0.25) is 0 Å². The summed E-state index contributed by atoms with van der Waals surface area (Å²) in [7, 11) is -11.0. The van der Waals surface area contributed by atoms with Crippen molar-refractivity contribution in [3.8, 4) is 0 Å². The van der Waals surface area contributed by atoms with Crippen LogP contribution < -0.4 is 5.32 Å². The van der Waals surface area contributed by atoms with Crippen molar-refractivity contribution >= 4 is 46.0 Å². The molecule has 7 unspecified atom stereocenters. The van der Waals surface area contributed by atoms with Crippen LogP contribution in [0.4, 0.5) is 0 Å². The maximum atomic E-state index is 11.8. The summed E-state index contributed by atoms with van der Waals surface area (Å²) in [6.45, 7) is -5.44. The van der Waals surface area contributed by atoms with Gasteiger partial charge in [0.15, 0.2) is 0 Å². The lowest BCUT2D eigenvalue weighted by Crippen LogP contribution is -2.46. The van der Waals surface area contributed by atoms with Gasteiger partial charge in [0, 0.05) is 6.08 Å². The average molecular weight is 499 g/mol. The third kappa shape index (κ3) is 7.06. The molecule has 29 heavy (non-hydrogen) atoms. The van der Waals surface area contributed by atoms with Crippen LogP contribution >= 0.6 is 22.4 Å². The Balaban J connectivity index is 2.00. The second-order valence-corrected chi connectivity index (χ2v) is 11.5. The highest BCUT2D eigenvalue weighted by molar-refractivity contribution is 8.08. The van der Waals surface area contributed by atoms with Crippen molar-refractivity contribution in [1.29, 1.82) is 0 Å². The number of ether oxygens (including phenoxy) is 1. The number of rotatable bonds is 8.